The van der Waals surface area contributed by atoms with Crippen molar-refractivity contribution < 1.29 is 13.7 Å². The third kappa shape index (κ3) is 2.99. The second-order valence-corrected chi connectivity index (χ2v) is 5.70. The number of halogens is 1. The molecule has 2 heterocycles. The smallest absolute Gasteiger partial charge is 0.171 e. The molecule has 0 fully saturated rings. The van der Waals surface area contributed by atoms with Crippen LogP contribution in [0, 0.1) is 12.7 Å². The zero-order chi connectivity index (χ0) is 17.3. The third-order valence-electron chi connectivity index (χ3n) is 3.98. The third-order valence-corrected chi connectivity index (χ3v) is 3.98. The van der Waals surface area contributed by atoms with Crippen molar-refractivity contribution in [2.24, 2.45) is 0 Å². The fourth-order valence-corrected chi connectivity index (χ4v) is 2.69. The summed E-state index contributed by atoms with van der Waals surface area (Å²) < 4.78 is 20.8. The molecule has 2 aromatic heterocycles. The maximum atomic E-state index is 13.5. The number of hydrogen-bond donors (Lipinski definition) is 0. The van der Waals surface area contributed by atoms with Gasteiger partial charge in [0, 0.05) is 35.9 Å². The molecule has 0 aliphatic heterocycles. The van der Waals surface area contributed by atoms with Crippen molar-refractivity contribution in [2.45, 2.75) is 33.7 Å². The van der Waals surface area contributed by atoms with E-state index in [0.29, 0.717) is 17.7 Å². The van der Waals surface area contributed by atoms with Crippen LogP contribution in [0.15, 0.2) is 35.1 Å². The second kappa shape index (κ2) is 6.39. The van der Waals surface area contributed by atoms with Crippen molar-refractivity contribution in [3.8, 4) is 11.3 Å². The van der Waals surface area contributed by atoms with Crippen LogP contribution in [0.4, 0.5) is 4.39 Å². The molecule has 0 atom stereocenters. The molecule has 0 aliphatic carbocycles. The van der Waals surface area contributed by atoms with Crippen LogP contribution in [-0.4, -0.2) is 20.7 Å². The summed E-state index contributed by atoms with van der Waals surface area (Å²) in [6.07, 6.45) is 4.35. The number of Topliss-reactive ketones (excluding diaryl/α,β-unsaturated/α-hetero) is 1. The minimum absolute atomic E-state index is 0.219. The molecule has 124 valence electrons. The van der Waals surface area contributed by atoms with Crippen molar-refractivity contribution in [1.82, 2.24) is 14.9 Å². The van der Waals surface area contributed by atoms with Gasteiger partial charge < -0.3 is 4.52 Å². The number of benzene rings is 1. The van der Waals surface area contributed by atoms with Crippen molar-refractivity contribution in [1.29, 1.82) is 0 Å². The molecule has 6 heteroatoms. The molecule has 24 heavy (non-hydrogen) atoms. The maximum Gasteiger partial charge on any atom is 0.171 e. The Morgan fingerprint density at radius 3 is 2.83 bits per heavy atom. The highest BCUT2D eigenvalue weighted by atomic mass is 19.1. The van der Waals surface area contributed by atoms with Crippen molar-refractivity contribution in [2.75, 3.05) is 0 Å². The van der Waals surface area contributed by atoms with E-state index in [4.69, 9.17) is 4.52 Å². The van der Waals surface area contributed by atoms with E-state index in [1.54, 1.807) is 12.3 Å². The van der Waals surface area contributed by atoms with Gasteiger partial charge in [0.15, 0.2) is 11.5 Å². The lowest BCUT2D eigenvalue weighted by Gasteiger charge is -2.06. The summed E-state index contributed by atoms with van der Waals surface area (Å²) in [7, 11) is 0. The van der Waals surface area contributed by atoms with Crippen molar-refractivity contribution in [3.63, 3.8) is 0 Å². The van der Waals surface area contributed by atoms with Gasteiger partial charge in [0.2, 0.25) is 0 Å². The highest BCUT2D eigenvalue weighted by Crippen LogP contribution is 2.31. The fourth-order valence-electron chi connectivity index (χ4n) is 2.69. The number of rotatable bonds is 5. The normalized spacial score (nSPS) is 11.0. The summed E-state index contributed by atoms with van der Waals surface area (Å²) in [5.74, 6) is -0.170. The summed E-state index contributed by atoms with van der Waals surface area (Å²) in [5, 5.41) is 8.30. The van der Waals surface area contributed by atoms with E-state index in [1.807, 2.05) is 24.7 Å². The molecular formula is C18H18FN3O2. The quantitative estimate of drug-likeness (QED) is 0.669. The molecule has 0 N–H and O–H groups in total. The first kappa shape index (κ1) is 16.1. The number of aryl methyl sites for hydroxylation is 2. The van der Waals surface area contributed by atoms with Gasteiger partial charge in [-0.3, -0.25) is 9.48 Å². The average Bonchev–Trinajstić information content (AvgIpc) is 3.15. The molecule has 0 saturated heterocycles. The first-order chi connectivity index (χ1) is 11.5. The van der Waals surface area contributed by atoms with Gasteiger partial charge in [-0.25, -0.2) is 4.39 Å². The van der Waals surface area contributed by atoms with Gasteiger partial charge in [0.1, 0.15) is 5.82 Å². The van der Waals surface area contributed by atoms with Crippen LogP contribution >= 0.6 is 0 Å². The van der Waals surface area contributed by atoms with E-state index >= 15 is 0 Å². The van der Waals surface area contributed by atoms with Gasteiger partial charge in [0.05, 0.1) is 11.9 Å². The zero-order valence-electron chi connectivity index (χ0n) is 13.8. The average molecular weight is 327 g/mol. The topological polar surface area (TPSA) is 60.9 Å². The van der Waals surface area contributed by atoms with E-state index in [2.05, 4.69) is 10.3 Å². The number of aromatic nitrogens is 3. The number of carbonyl (C=O) groups is 1. The minimum Gasteiger partial charge on any atom is -0.356 e. The van der Waals surface area contributed by atoms with Crippen LogP contribution < -0.4 is 0 Å². The highest BCUT2D eigenvalue weighted by molar-refractivity contribution is 6.00. The summed E-state index contributed by atoms with van der Waals surface area (Å²) in [6, 6.07) is 4.11. The monoisotopic (exact) mass is 327 g/mol. The Labute approximate surface area is 139 Å². The Balaban J connectivity index is 2.06. The molecule has 0 radical (unpaired) electrons. The predicted octanol–water partition coefficient (Wildman–Crippen LogP) is 3.80. The summed E-state index contributed by atoms with van der Waals surface area (Å²) >= 11 is 0. The van der Waals surface area contributed by atoms with E-state index in [0.717, 1.165) is 23.4 Å². The predicted molar refractivity (Wildman–Crippen MR) is 87.3 cm³/mol. The first-order valence-corrected chi connectivity index (χ1v) is 7.77. The van der Waals surface area contributed by atoms with Crippen LogP contribution in [0.1, 0.15) is 41.0 Å². The Morgan fingerprint density at radius 2 is 2.17 bits per heavy atom. The van der Waals surface area contributed by atoms with Gasteiger partial charge in [0.25, 0.3) is 0 Å². The van der Waals surface area contributed by atoms with Crippen molar-refractivity contribution >= 4 is 5.78 Å². The number of nitrogens with zero attached hydrogens (tertiary/aromatic N) is 3. The van der Waals surface area contributed by atoms with Crippen molar-refractivity contribution in [3.05, 3.63) is 58.8 Å². The number of carbonyl (C=O) groups excluding carboxylic acids is 1. The SMILES string of the molecule is CCn1cc(Cc2c(C)noc2-c2ccc(F)cc2C(C)=O)cn1. The summed E-state index contributed by atoms with van der Waals surface area (Å²) in [5.41, 5.74) is 3.49. The lowest BCUT2D eigenvalue weighted by Crippen LogP contribution is -1.99. The van der Waals surface area contributed by atoms with Gasteiger partial charge >= 0.3 is 0 Å². The Hall–Kier alpha value is -2.76. The van der Waals surface area contributed by atoms with E-state index in [1.165, 1.54) is 19.1 Å². The maximum absolute atomic E-state index is 13.5. The molecular weight excluding hydrogens is 309 g/mol. The number of ketones is 1. The molecule has 0 amide bonds. The summed E-state index contributed by atoms with van der Waals surface area (Å²) in [6.45, 7) is 6.07. The molecule has 0 saturated carbocycles. The molecule has 0 aliphatic rings. The van der Waals surface area contributed by atoms with E-state index in [9.17, 15) is 9.18 Å². The number of hydrogen-bond acceptors (Lipinski definition) is 4. The largest absolute Gasteiger partial charge is 0.356 e. The lowest BCUT2D eigenvalue weighted by atomic mass is 9.96. The minimum atomic E-state index is -0.453. The van der Waals surface area contributed by atoms with Gasteiger partial charge in [-0.15, -0.1) is 0 Å². The molecule has 3 rings (SSSR count). The molecule has 0 bridgehead atoms. The van der Waals surface area contributed by atoms with Gasteiger partial charge in [-0.1, -0.05) is 5.16 Å². The van der Waals surface area contributed by atoms with Gasteiger partial charge in [-0.05, 0) is 44.5 Å². The Morgan fingerprint density at radius 1 is 1.38 bits per heavy atom. The van der Waals surface area contributed by atoms with E-state index < -0.39 is 5.82 Å². The zero-order valence-corrected chi connectivity index (χ0v) is 13.8. The second-order valence-electron chi connectivity index (χ2n) is 5.70. The summed E-state index contributed by atoms with van der Waals surface area (Å²) in [4.78, 5) is 11.9. The van der Waals surface area contributed by atoms with Crippen LogP contribution in [0.25, 0.3) is 11.3 Å². The fraction of sp³-hybridized carbons (Fsp3) is 0.278. The molecule has 1 aromatic carbocycles. The first-order valence-electron chi connectivity index (χ1n) is 7.77. The van der Waals surface area contributed by atoms with Crippen LogP contribution in [0.5, 0.6) is 0 Å². The molecule has 0 unspecified atom stereocenters. The van der Waals surface area contributed by atoms with Crippen LogP contribution in [0.2, 0.25) is 0 Å². The highest BCUT2D eigenvalue weighted by Gasteiger charge is 2.20. The van der Waals surface area contributed by atoms with E-state index in [-0.39, 0.29) is 11.3 Å². The van der Waals surface area contributed by atoms with Gasteiger partial charge in [-0.2, -0.15) is 5.10 Å². The molecule has 3 aromatic rings. The standard InChI is InChI=1S/C18H18FN3O2/c1-4-22-10-13(9-20-22)7-16-11(2)21-24-18(16)15-6-5-14(19)8-17(15)12(3)23/h5-6,8-10H,4,7H2,1-3H3. The Bertz CT molecular complexity index is 896. The molecule has 0 spiro atoms. The van der Waals surface area contributed by atoms with Crippen LogP contribution in [0.3, 0.4) is 0 Å². The molecule has 5 nitrogen and oxygen atoms in total. The lowest BCUT2D eigenvalue weighted by molar-refractivity contribution is 0.101. The van der Waals surface area contributed by atoms with Crippen LogP contribution in [-0.2, 0) is 13.0 Å². The Kier molecular flexibility index (Phi) is 4.29.